The predicted octanol–water partition coefficient (Wildman–Crippen LogP) is 4.91. The molecule has 4 aromatic rings. The van der Waals surface area contributed by atoms with E-state index in [1.807, 2.05) is 18.4 Å². The van der Waals surface area contributed by atoms with E-state index in [0.29, 0.717) is 6.54 Å². The molecule has 1 N–H and O–H groups in total. The van der Waals surface area contributed by atoms with E-state index in [9.17, 15) is 4.79 Å². The largest absolute Gasteiger partial charge is 0.347 e. The first-order chi connectivity index (χ1) is 13.2. The minimum Gasteiger partial charge on any atom is -0.347 e. The average Bonchev–Trinajstić information content (AvgIpc) is 3.25. The SMILES string of the molecule is CCn1c2ccccc2c2cc(/C=C/C(=O)NCc3csc(C)n3)ccc21. The highest BCUT2D eigenvalue weighted by atomic mass is 32.1. The van der Waals surface area contributed by atoms with Crippen LogP contribution in [0.4, 0.5) is 0 Å². The van der Waals surface area contributed by atoms with Gasteiger partial charge in [0, 0.05) is 39.8 Å². The normalized spacial score (nSPS) is 11.6. The molecular weight excluding hydrogens is 354 g/mol. The fourth-order valence-corrected chi connectivity index (χ4v) is 4.03. The Morgan fingerprint density at radius 3 is 2.78 bits per heavy atom. The lowest BCUT2D eigenvalue weighted by Crippen LogP contribution is -2.20. The van der Waals surface area contributed by atoms with E-state index in [1.165, 1.54) is 21.8 Å². The molecule has 0 saturated carbocycles. The second kappa shape index (κ2) is 7.37. The Hall–Kier alpha value is -2.92. The van der Waals surface area contributed by atoms with Crippen LogP contribution in [-0.4, -0.2) is 15.5 Å². The van der Waals surface area contributed by atoms with E-state index in [2.05, 4.69) is 64.3 Å². The Morgan fingerprint density at radius 2 is 2.00 bits per heavy atom. The molecule has 0 aliphatic heterocycles. The summed E-state index contributed by atoms with van der Waals surface area (Å²) in [7, 11) is 0. The van der Waals surface area contributed by atoms with Crippen molar-refractivity contribution in [3.8, 4) is 0 Å². The third-order valence-electron chi connectivity index (χ3n) is 4.65. The molecule has 2 aromatic heterocycles. The molecule has 0 radical (unpaired) electrons. The first kappa shape index (κ1) is 17.5. The highest BCUT2D eigenvalue weighted by molar-refractivity contribution is 7.09. The standard InChI is InChI=1S/C22H21N3OS/c1-3-25-20-7-5-4-6-18(20)19-12-16(8-10-21(19)25)9-11-22(26)23-13-17-14-27-15(2)24-17/h4-12,14H,3,13H2,1-2H3,(H,23,26)/b11-9+. The molecule has 0 atom stereocenters. The predicted molar refractivity (Wildman–Crippen MR) is 113 cm³/mol. The minimum absolute atomic E-state index is 0.114. The van der Waals surface area contributed by atoms with E-state index in [4.69, 9.17) is 0 Å². The van der Waals surface area contributed by atoms with Gasteiger partial charge in [0.05, 0.1) is 17.2 Å². The van der Waals surface area contributed by atoms with Crippen molar-refractivity contribution < 1.29 is 4.79 Å². The maximum absolute atomic E-state index is 12.1. The molecule has 0 bridgehead atoms. The molecule has 4 rings (SSSR count). The van der Waals surface area contributed by atoms with Crippen LogP contribution in [0.3, 0.4) is 0 Å². The summed E-state index contributed by atoms with van der Waals surface area (Å²) < 4.78 is 2.32. The Morgan fingerprint density at radius 1 is 1.19 bits per heavy atom. The number of nitrogens with one attached hydrogen (secondary N) is 1. The van der Waals surface area contributed by atoms with Gasteiger partial charge in [-0.2, -0.15) is 0 Å². The van der Waals surface area contributed by atoms with Gasteiger partial charge in [-0.05, 0) is 43.7 Å². The summed E-state index contributed by atoms with van der Waals surface area (Å²) >= 11 is 1.59. The van der Waals surface area contributed by atoms with Gasteiger partial charge >= 0.3 is 0 Å². The van der Waals surface area contributed by atoms with Crippen molar-refractivity contribution in [3.05, 3.63) is 70.2 Å². The number of nitrogens with zero attached hydrogens (tertiary/aromatic N) is 2. The van der Waals surface area contributed by atoms with Gasteiger partial charge in [0.1, 0.15) is 0 Å². The number of benzene rings is 2. The lowest BCUT2D eigenvalue weighted by Gasteiger charge is -2.03. The number of amides is 1. The zero-order valence-electron chi connectivity index (χ0n) is 15.4. The van der Waals surface area contributed by atoms with Gasteiger partial charge in [0.15, 0.2) is 0 Å². The molecule has 0 aliphatic rings. The number of para-hydroxylation sites is 1. The molecule has 2 aromatic carbocycles. The zero-order valence-corrected chi connectivity index (χ0v) is 16.2. The molecule has 0 saturated heterocycles. The maximum atomic E-state index is 12.1. The molecule has 0 spiro atoms. The summed E-state index contributed by atoms with van der Waals surface area (Å²) in [4.78, 5) is 16.4. The van der Waals surface area contributed by atoms with Gasteiger partial charge < -0.3 is 9.88 Å². The van der Waals surface area contributed by atoms with Crippen LogP contribution in [0.25, 0.3) is 27.9 Å². The van der Waals surface area contributed by atoms with Crippen LogP contribution in [0.1, 0.15) is 23.2 Å². The minimum atomic E-state index is -0.114. The van der Waals surface area contributed by atoms with Crippen LogP contribution in [0.15, 0.2) is 53.9 Å². The fraction of sp³-hybridized carbons (Fsp3) is 0.182. The Labute approximate surface area is 162 Å². The third kappa shape index (κ3) is 3.51. The van der Waals surface area contributed by atoms with E-state index in [-0.39, 0.29) is 5.91 Å². The van der Waals surface area contributed by atoms with Gasteiger partial charge in [-0.3, -0.25) is 4.79 Å². The van der Waals surface area contributed by atoms with E-state index < -0.39 is 0 Å². The summed E-state index contributed by atoms with van der Waals surface area (Å²) in [5.41, 5.74) is 4.38. The van der Waals surface area contributed by atoms with Crippen molar-refractivity contribution in [2.45, 2.75) is 26.9 Å². The van der Waals surface area contributed by atoms with Gasteiger partial charge in [-0.1, -0.05) is 24.3 Å². The number of aryl methyl sites for hydroxylation is 2. The van der Waals surface area contributed by atoms with Crippen molar-refractivity contribution in [2.75, 3.05) is 0 Å². The molecule has 0 fully saturated rings. The molecular formula is C22H21N3OS. The lowest BCUT2D eigenvalue weighted by atomic mass is 10.1. The highest BCUT2D eigenvalue weighted by Gasteiger charge is 2.09. The van der Waals surface area contributed by atoms with Gasteiger partial charge in [0.2, 0.25) is 5.91 Å². The molecule has 4 nitrogen and oxygen atoms in total. The summed E-state index contributed by atoms with van der Waals surface area (Å²) in [6.07, 6.45) is 3.44. The molecule has 0 unspecified atom stereocenters. The quantitative estimate of drug-likeness (QED) is 0.504. The summed E-state index contributed by atoms with van der Waals surface area (Å²) in [5, 5.41) is 8.31. The number of carbonyl (C=O) groups excluding carboxylic acids is 1. The van der Waals surface area contributed by atoms with Gasteiger partial charge in [-0.25, -0.2) is 4.98 Å². The molecule has 2 heterocycles. The van der Waals surface area contributed by atoms with Gasteiger partial charge in [-0.15, -0.1) is 11.3 Å². The summed E-state index contributed by atoms with van der Waals surface area (Å²) in [6, 6.07) is 14.8. The van der Waals surface area contributed by atoms with Crippen LogP contribution < -0.4 is 5.32 Å². The second-order valence-corrected chi connectivity index (χ2v) is 7.51. The van der Waals surface area contributed by atoms with Gasteiger partial charge in [0.25, 0.3) is 0 Å². The maximum Gasteiger partial charge on any atom is 0.244 e. The van der Waals surface area contributed by atoms with Crippen molar-refractivity contribution >= 4 is 45.1 Å². The van der Waals surface area contributed by atoms with E-state index in [0.717, 1.165) is 22.8 Å². The Kier molecular flexibility index (Phi) is 4.77. The van der Waals surface area contributed by atoms with Crippen molar-refractivity contribution in [1.29, 1.82) is 0 Å². The number of hydrogen-bond donors (Lipinski definition) is 1. The molecule has 136 valence electrons. The number of thiazole rings is 1. The second-order valence-electron chi connectivity index (χ2n) is 6.45. The molecule has 0 aliphatic carbocycles. The Bertz CT molecular complexity index is 1150. The Balaban J connectivity index is 1.56. The van der Waals surface area contributed by atoms with Crippen molar-refractivity contribution in [1.82, 2.24) is 14.9 Å². The van der Waals surface area contributed by atoms with Crippen LogP contribution in [0, 0.1) is 6.92 Å². The van der Waals surface area contributed by atoms with E-state index in [1.54, 1.807) is 17.4 Å². The van der Waals surface area contributed by atoms with Crippen molar-refractivity contribution in [3.63, 3.8) is 0 Å². The number of carbonyl (C=O) groups is 1. The number of fused-ring (bicyclic) bond motifs is 3. The first-order valence-corrected chi connectivity index (χ1v) is 9.91. The fourth-order valence-electron chi connectivity index (χ4n) is 3.41. The highest BCUT2D eigenvalue weighted by Crippen LogP contribution is 2.29. The smallest absolute Gasteiger partial charge is 0.244 e. The van der Waals surface area contributed by atoms with Crippen LogP contribution in [-0.2, 0) is 17.9 Å². The third-order valence-corrected chi connectivity index (χ3v) is 5.47. The summed E-state index contributed by atoms with van der Waals surface area (Å²) in [5.74, 6) is -0.114. The monoisotopic (exact) mass is 375 g/mol. The molecule has 27 heavy (non-hydrogen) atoms. The zero-order chi connectivity index (χ0) is 18.8. The number of hydrogen-bond acceptors (Lipinski definition) is 3. The summed E-state index contributed by atoms with van der Waals surface area (Å²) in [6.45, 7) is 5.50. The van der Waals surface area contributed by atoms with Crippen LogP contribution in [0.5, 0.6) is 0 Å². The molecule has 1 amide bonds. The topological polar surface area (TPSA) is 46.9 Å². The molecule has 5 heteroatoms. The van der Waals surface area contributed by atoms with Crippen molar-refractivity contribution in [2.24, 2.45) is 0 Å². The van der Waals surface area contributed by atoms with Crippen LogP contribution >= 0.6 is 11.3 Å². The number of rotatable bonds is 5. The average molecular weight is 375 g/mol. The van der Waals surface area contributed by atoms with Crippen LogP contribution in [0.2, 0.25) is 0 Å². The van der Waals surface area contributed by atoms with E-state index >= 15 is 0 Å². The first-order valence-electron chi connectivity index (χ1n) is 9.03. The lowest BCUT2D eigenvalue weighted by molar-refractivity contribution is -0.116. The number of aromatic nitrogens is 2.